The Hall–Kier alpha value is -2.77. The number of carbonyl (C=O) groups is 2. The third-order valence-electron chi connectivity index (χ3n) is 3.36. The van der Waals surface area contributed by atoms with Gasteiger partial charge in [-0.25, -0.2) is 13.6 Å². The molecule has 7 heteroatoms. The van der Waals surface area contributed by atoms with Crippen molar-refractivity contribution in [3.05, 3.63) is 76.2 Å². The Labute approximate surface area is 146 Å². The normalized spacial score (nSPS) is 11.5. The highest BCUT2D eigenvalue weighted by Gasteiger charge is 2.15. The van der Waals surface area contributed by atoms with Gasteiger partial charge in [0.25, 0.3) is 5.91 Å². The highest BCUT2D eigenvalue weighted by molar-refractivity contribution is 7.92. The Morgan fingerprint density at radius 2 is 1.56 bits per heavy atom. The van der Waals surface area contributed by atoms with E-state index in [2.05, 4.69) is 0 Å². The minimum absolute atomic E-state index is 0.265. The SMILES string of the molecule is CN(C)C(=O)c1cc(/C=C/S(N)(=O)=O)cc(C(=O)c2ccccc2)c1. The standard InChI is InChI=1S/C18H18N2O4S/c1-20(2)18(22)16-11-13(8-9-25(19,23)24)10-15(12-16)17(21)14-6-4-3-5-7-14/h3-12H,1-2H3,(H2,19,23,24)/b9-8+. The highest BCUT2D eigenvalue weighted by Crippen LogP contribution is 2.17. The van der Waals surface area contributed by atoms with Crippen molar-refractivity contribution >= 4 is 27.8 Å². The molecule has 0 aromatic heterocycles. The third-order valence-corrected chi connectivity index (χ3v) is 3.87. The smallest absolute Gasteiger partial charge is 0.253 e. The van der Waals surface area contributed by atoms with Crippen molar-refractivity contribution in [2.24, 2.45) is 5.14 Å². The largest absolute Gasteiger partial charge is 0.345 e. The molecule has 0 aliphatic rings. The second-order valence-corrected chi connectivity index (χ2v) is 7.08. The molecule has 0 heterocycles. The molecule has 0 aliphatic carbocycles. The molecule has 0 spiro atoms. The highest BCUT2D eigenvalue weighted by atomic mass is 32.2. The van der Waals surface area contributed by atoms with Gasteiger partial charge >= 0.3 is 0 Å². The number of carbonyl (C=O) groups excluding carboxylic acids is 2. The lowest BCUT2D eigenvalue weighted by atomic mass is 9.98. The number of nitrogens with two attached hydrogens (primary N) is 1. The number of benzene rings is 2. The number of ketones is 1. The van der Waals surface area contributed by atoms with Crippen LogP contribution in [0.5, 0.6) is 0 Å². The Balaban J connectivity index is 2.55. The number of rotatable bonds is 5. The van der Waals surface area contributed by atoms with E-state index in [-0.39, 0.29) is 22.8 Å². The average Bonchev–Trinajstić information content (AvgIpc) is 2.58. The fourth-order valence-corrected chi connectivity index (χ4v) is 2.54. The summed E-state index contributed by atoms with van der Waals surface area (Å²) in [4.78, 5) is 26.3. The zero-order valence-electron chi connectivity index (χ0n) is 13.8. The molecule has 0 fully saturated rings. The summed E-state index contributed by atoms with van der Waals surface area (Å²) in [6, 6.07) is 13.1. The second-order valence-electron chi connectivity index (χ2n) is 5.63. The van der Waals surface area contributed by atoms with Crippen molar-refractivity contribution in [3.8, 4) is 0 Å². The van der Waals surface area contributed by atoms with Crippen LogP contribution in [0.4, 0.5) is 0 Å². The van der Waals surface area contributed by atoms with Gasteiger partial charge in [-0.1, -0.05) is 30.3 Å². The predicted molar refractivity (Wildman–Crippen MR) is 96.5 cm³/mol. The molecule has 0 saturated heterocycles. The first-order valence-electron chi connectivity index (χ1n) is 7.35. The van der Waals surface area contributed by atoms with Crippen LogP contribution in [0.1, 0.15) is 31.8 Å². The molecule has 0 saturated carbocycles. The van der Waals surface area contributed by atoms with Crippen LogP contribution in [0.25, 0.3) is 6.08 Å². The van der Waals surface area contributed by atoms with Gasteiger partial charge in [-0.15, -0.1) is 0 Å². The number of amides is 1. The average molecular weight is 358 g/mol. The van der Waals surface area contributed by atoms with Gasteiger partial charge in [0.2, 0.25) is 10.0 Å². The molecular formula is C18H18N2O4S. The van der Waals surface area contributed by atoms with Gasteiger partial charge in [0.1, 0.15) is 0 Å². The lowest BCUT2D eigenvalue weighted by molar-refractivity contribution is 0.0827. The molecule has 2 N–H and O–H groups in total. The molecule has 0 unspecified atom stereocenters. The maximum Gasteiger partial charge on any atom is 0.253 e. The molecule has 0 atom stereocenters. The first-order chi connectivity index (χ1) is 11.7. The molecule has 130 valence electrons. The zero-order valence-corrected chi connectivity index (χ0v) is 14.7. The number of primary sulfonamides is 1. The lowest BCUT2D eigenvalue weighted by Crippen LogP contribution is -2.22. The fraction of sp³-hybridized carbons (Fsp3) is 0.111. The molecule has 2 aromatic carbocycles. The van der Waals surface area contributed by atoms with Gasteiger partial charge in [-0.05, 0) is 29.8 Å². The lowest BCUT2D eigenvalue weighted by Gasteiger charge is -2.12. The Morgan fingerprint density at radius 3 is 2.12 bits per heavy atom. The van der Waals surface area contributed by atoms with E-state index in [1.165, 1.54) is 29.2 Å². The quantitative estimate of drug-likeness (QED) is 0.825. The topological polar surface area (TPSA) is 97.5 Å². The first kappa shape index (κ1) is 18.6. The van der Waals surface area contributed by atoms with Crippen molar-refractivity contribution in [1.29, 1.82) is 0 Å². The second kappa shape index (κ2) is 7.42. The van der Waals surface area contributed by atoms with Crippen molar-refractivity contribution in [1.82, 2.24) is 4.90 Å². The van der Waals surface area contributed by atoms with Crippen LogP contribution in [0.2, 0.25) is 0 Å². The van der Waals surface area contributed by atoms with Crippen LogP contribution in [0.15, 0.2) is 53.9 Å². The molecule has 1 amide bonds. The van der Waals surface area contributed by atoms with Crippen molar-refractivity contribution in [2.75, 3.05) is 14.1 Å². The van der Waals surface area contributed by atoms with Crippen molar-refractivity contribution in [3.63, 3.8) is 0 Å². The Bertz CT molecular complexity index is 933. The van der Waals surface area contributed by atoms with E-state index in [4.69, 9.17) is 5.14 Å². The number of sulfonamides is 1. The molecule has 2 rings (SSSR count). The van der Waals surface area contributed by atoms with Crippen molar-refractivity contribution in [2.45, 2.75) is 0 Å². The van der Waals surface area contributed by atoms with Gasteiger partial charge in [-0.3, -0.25) is 9.59 Å². The summed E-state index contributed by atoms with van der Waals surface area (Å²) in [7, 11) is -0.636. The number of hydrogen-bond donors (Lipinski definition) is 1. The first-order valence-corrected chi connectivity index (χ1v) is 8.96. The predicted octanol–water partition coefficient (Wildman–Crippen LogP) is 1.88. The Morgan fingerprint density at radius 1 is 0.960 bits per heavy atom. The van der Waals surface area contributed by atoms with Crippen LogP contribution < -0.4 is 5.14 Å². The summed E-state index contributed by atoms with van der Waals surface area (Å²) in [5, 5.41) is 5.78. The fourth-order valence-electron chi connectivity index (χ4n) is 2.19. The molecule has 0 radical (unpaired) electrons. The van der Waals surface area contributed by atoms with Gasteiger partial charge in [-0.2, -0.15) is 0 Å². The van der Waals surface area contributed by atoms with Gasteiger partial charge in [0, 0.05) is 36.2 Å². The molecule has 6 nitrogen and oxygen atoms in total. The molecule has 2 aromatic rings. The summed E-state index contributed by atoms with van der Waals surface area (Å²) in [5.74, 6) is -0.563. The van der Waals surface area contributed by atoms with E-state index in [1.54, 1.807) is 44.4 Å². The monoisotopic (exact) mass is 358 g/mol. The maximum atomic E-state index is 12.7. The summed E-state index contributed by atoms with van der Waals surface area (Å²) in [6.45, 7) is 0. The summed E-state index contributed by atoms with van der Waals surface area (Å²) in [5.41, 5.74) is 1.42. The summed E-state index contributed by atoms with van der Waals surface area (Å²) < 4.78 is 22.2. The molecule has 0 aliphatic heterocycles. The van der Waals surface area contributed by atoms with Crippen LogP contribution >= 0.6 is 0 Å². The van der Waals surface area contributed by atoms with E-state index in [9.17, 15) is 18.0 Å². The van der Waals surface area contributed by atoms with E-state index in [1.807, 2.05) is 0 Å². The molecule has 0 bridgehead atoms. The van der Waals surface area contributed by atoms with Crippen LogP contribution in [0.3, 0.4) is 0 Å². The number of hydrogen-bond acceptors (Lipinski definition) is 4. The molecule has 25 heavy (non-hydrogen) atoms. The van der Waals surface area contributed by atoms with Gasteiger partial charge < -0.3 is 4.90 Å². The van der Waals surface area contributed by atoms with Gasteiger partial charge in [0.05, 0.1) is 0 Å². The van der Waals surface area contributed by atoms with Crippen molar-refractivity contribution < 1.29 is 18.0 Å². The van der Waals surface area contributed by atoms with E-state index < -0.39 is 10.0 Å². The Kier molecular flexibility index (Phi) is 5.51. The zero-order chi connectivity index (χ0) is 18.6. The van der Waals surface area contributed by atoms with E-state index in [0.717, 1.165) is 5.41 Å². The van der Waals surface area contributed by atoms with Crippen LogP contribution in [-0.4, -0.2) is 39.1 Å². The number of nitrogens with zero attached hydrogens (tertiary/aromatic N) is 1. The molecular weight excluding hydrogens is 340 g/mol. The van der Waals surface area contributed by atoms with Gasteiger partial charge in [0.15, 0.2) is 5.78 Å². The maximum absolute atomic E-state index is 12.7. The summed E-state index contributed by atoms with van der Waals surface area (Å²) >= 11 is 0. The minimum Gasteiger partial charge on any atom is -0.345 e. The minimum atomic E-state index is -3.82. The third kappa shape index (κ3) is 5.10. The van der Waals surface area contributed by atoms with Crippen LogP contribution in [0, 0.1) is 0 Å². The summed E-state index contributed by atoms with van der Waals surface area (Å²) in [6.07, 6.45) is 1.25. The van der Waals surface area contributed by atoms with E-state index >= 15 is 0 Å². The van der Waals surface area contributed by atoms with E-state index in [0.29, 0.717) is 11.1 Å². The van der Waals surface area contributed by atoms with Crippen LogP contribution in [-0.2, 0) is 10.0 Å².